The number of anilines is 2. The molecule has 0 bridgehead atoms. The van der Waals surface area contributed by atoms with Crippen LogP contribution in [-0.2, 0) is 0 Å². The van der Waals surface area contributed by atoms with Crippen LogP contribution in [0, 0.1) is 46.9 Å². The average molecular weight is 801 g/mol. The number of aryl methyl sites for hydroxylation is 3. The lowest BCUT2D eigenvalue weighted by atomic mass is 10.0. The maximum atomic E-state index is 10.8. The van der Waals surface area contributed by atoms with Gasteiger partial charge < -0.3 is 36.4 Å². The van der Waals surface area contributed by atoms with Gasteiger partial charge in [-0.1, -0.05) is 6.92 Å². The third-order valence-electron chi connectivity index (χ3n) is 9.13. The molecule has 3 aromatic heterocycles. The zero-order valence-electron chi connectivity index (χ0n) is 31.7. The van der Waals surface area contributed by atoms with E-state index in [1.165, 1.54) is 38.2 Å². The number of halogens is 1. The smallest absolute Gasteiger partial charge is 0.292 e. The van der Waals surface area contributed by atoms with Crippen LogP contribution in [0.25, 0.3) is 0 Å². The van der Waals surface area contributed by atoms with E-state index >= 15 is 0 Å². The van der Waals surface area contributed by atoms with Gasteiger partial charge in [-0.25, -0.2) is 4.99 Å². The zero-order chi connectivity index (χ0) is 39.1. The summed E-state index contributed by atoms with van der Waals surface area (Å²) in [7, 11) is 4.21. The average Bonchev–Trinajstić information content (AvgIpc) is 3.12. The van der Waals surface area contributed by atoms with Crippen molar-refractivity contribution in [3.05, 3.63) is 78.6 Å². The Labute approximate surface area is 320 Å². The van der Waals surface area contributed by atoms with E-state index in [1.54, 1.807) is 26.1 Å². The van der Waals surface area contributed by atoms with Gasteiger partial charge in [-0.2, -0.15) is 0 Å². The number of piperazine rings is 2. The number of piperidine rings is 1. The van der Waals surface area contributed by atoms with E-state index < -0.39 is 4.92 Å². The Hall–Kier alpha value is -4.52. The molecule has 53 heavy (non-hydrogen) atoms. The van der Waals surface area contributed by atoms with Gasteiger partial charge in [0.15, 0.2) is 5.96 Å². The first-order valence-corrected chi connectivity index (χ1v) is 18.4. The molecule has 0 unspecified atom stereocenters. The van der Waals surface area contributed by atoms with Gasteiger partial charge in [0.2, 0.25) is 0 Å². The predicted molar refractivity (Wildman–Crippen MR) is 214 cm³/mol. The molecular formula is C35H54BrN13O4. The van der Waals surface area contributed by atoms with Crippen LogP contribution in [0.3, 0.4) is 0 Å². The van der Waals surface area contributed by atoms with Crippen LogP contribution in [0.1, 0.15) is 36.8 Å². The number of hydrogen-bond donors (Lipinski definition) is 3. The summed E-state index contributed by atoms with van der Waals surface area (Å²) in [5.41, 5.74) is 15.4. The van der Waals surface area contributed by atoms with Gasteiger partial charge >= 0.3 is 0 Å². The van der Waals surface area contributed by atoms with E-state index in [2.05, 4.69) is 81.8 Å². The molecular weight excluding hydrogens is 746 g/mol. The normalized spacial score (nSPS) is 16.5. The van der Waals surface area contributed by atoms with Crippen molar-refractivity contribution < 1.29 is 9.85 Å². The van der Waals surface area contributed by atoms with E-state index in [0.29, 0.717) is 15.9 Å². The minimum Gasteiger partial charge on any atom is -0.370 e. The predicted octanol–water partition coefficient (Wildman–Crippen LogP) is 4.16. The van der Waals surface area contributed by atoms with Crippen molar-refractivity contribution in [1.82, 2.24) is 30.1 Å². The topological polar surface area (TPSA) is 214 Å². The molecule has 0 spiro atoms. The van der Waals surface area contributed by atoms with E-state index in [-0.39, 0.29) is 22.3 Å². The van der Waals surface area contributed by atoms with Crippen LogP contribution in [0.4, 0.5) is 28.4 Å². The number of guanidine groups is 1. The number of aromatic nitrogens is 3. The number of hydrogen-bond acceptors (Lipinski definition) is 13. The summed E-state index contributed by atoms with van der Waals surface area (Å²) in [4.78, 5) is 45.7. The maximum absolute atomic E-state index is 10.8. The van der Waals surface area contributed by atoms with Gasteiger partial charge in [-0.15, -0.1) is 0 Å². The molecule has 0 saturated carbocycles. The molecule has 290 valence electrons. The van der Waals surface area contributed by atoms with Gasteiger partial charge in [-0.05, 0) is 88.7 Å². The van der Waals surface area contributed by atoms with Crippen LogP contribution in [0.2, 0.25) is 0 Å². The Bertz CT molecular complexity index is 1670. The highest BCUT2D eigenvalue weighted by atomic mass is 79.9. The highest BCUT2D eigenvalue weighted by Gasteiger charge is 2.19. The largest absolute Gasteiger partial charge is 0.370 e. The third-order valence-corrected chi connectivity index (χ3v) is 9.56. The molecule has 18 heteroatoms. The molecule has 3 fully saturated rings. The molecule has 3 aromatic rings. The summed E-state index contributed by atoms with van der Waals surface area (Å²) < 4.78 is 0.620. The maximum Gasteiger partial charge on any atom is 0.292 e. The standard InChI is InChI=1S/C12H20N6.C11H16N4O2.C6H5BrN2O2.C6H13N/c1-9-11(16-12(13)14)7-10(8-15-9)18-5-3-17(2)4-6-18;1-9-11(15(16)17)7-10(8-12-9)14-5-3-13(2)4-6-14;1-4-6(9(10)11)2-5(7)3-8-4;1-6-2-4-7-5-3-6/h7-8H,3-6H2,1-2H3,(H4,13,14,16);7-8H,3-6H2,1-2H3;2-3H,1H3;6-7H,2-5H2,1H3. The number of nitro groups is 2. The lowest BCUT2D eigenvalue weighted by molar-refractivity contribution is -0.385. The van der Waals surface area contributed by atoms with E-state index in [9.17, 15) is 20.2 Å². The number of nitrogens with zero attached hydrogens (tertiary/aromatic N) is 10. The van der Waals surface area contributed by atoms with Crippen molar-refractivity contribution in [3.63, 3.8) is 0 Å². The number of likely N-dealkylation sites (N-methyl/N-ethyl adjacent to an activating group) is 2. The zero-order valence-corrected chi connectivity index (χ0v) is 33.3. The molecule has 6 heterocycles. The minimum atomic E-state index is -0.451. The molecule has 3 aliphatic rings. The van der Waals surface area contributed by atoms with E-state index in [1.807, 2.05) is 19.2 Å². The van der Waals surface area contributed by atoms with Crippen LogP contribution in [-0.4, -0.2) is 120 Å². The van der Waals surface area contributed by atoms with Crippen molar-refractivity contribution in [2.45, 2.75) is 40.5 Å². The Balaban J connectivity index is 0.000000200. The molecule has 5 N–H and O–H groups in total. The van der Waals surface area contributed by atoms with Crippen LogP contribution in [0.15, 0.2) is 46.3 Å². The molecule has 6 rings (SSSR count). The molecule has 3 aliphatic heterocycles. The number of rotatable bonds is 5. The Morgan fingerprint density at radius 1 is 0.755 bits per heavy atom. The van der Waals surface area contributed by atoms with Crippen LogP contribution < -0.4 is 26.6 Å². The molecule has 0 atom stereocenters. The summed E-state index contributed by atoms with van der Waals surface area (Å²) in [6, 6.07) is 5.04. The first kappa shape index (κ1) is 42.9. The Morgan fingerprint density at radius 3 is 1.60 bits per heavy atom. The van der Waals surface area contributed by atoms with Crippen LogP contribution in [0.5, 0.6) is 0 Å². The summed E-state index contributed by atoms with van der Waals surface area (Å²) in [6.07, 6.45) is 7.88. The third kappa shape index (κ3) is 14.4. The Morgan fingerprint density at radius 2 is 1.19 bits per heavy atom. The van der Waals surface area contributed by atoms with Crippen molar-refractivity contribution in [1.29, 1.82) is 0 Å². The Kier molecular flexibility index (Phi) is 17.2. The van der Waals surface area contributed by atoms with Crippen molar-refractivity contribution >= 4 is 50.3 Å². The molecule has 17 nitrogen and oxygen atoms in total. The molecule has 0 radical (unpaired) electrons. The number of nitrogens with one attached hydrogen (secondary N) is 1. The second-order valence-corrected chi connectivity index (χ2v) is 14.3. The second kappa shape index (κ2) is 21.2. The van der Waals surface area contributed by atoms with Crippen molar-refractivity contribution in [2.75, 3.05) is 89.3 Å². The monoisotopic (exact) mass is 799 g/mol. The van der Waals surface area contributed by atoms with Gasteiger partial charge in [0.1, 0.15) is 11.4 Å². The fraction of sp³-hybridized carbons (Fsp3) is 0.543. The van der Waals surface area contributed by atoms with E-state index in [0.717, 1.165) is 81.0 Å². The highest BCUT2D eigenvalue weighted by Crippen LogP contribution is 2.25. The summed E-state index contributed by atoms with van der Waals surface area (Å²) in [5.74, 6) is 1.04. The van der Waals surface area contributed by atoms with E-state index in [4.69, 9.17) is 11.5 Å². The fourth-order valence-electron chi connectivity index (χ4n) is 5.58. The molecule has 0 aliphatic carbocycles. The van der Waals surface area contributed by atoms with Gasteiger partial charge in [0.05, 0.1) is 45.0 Å². The summed E-state index contributed by atoms with van der Waals surface area (Å²) >= 11 is 3.10. The van der Waals surface area contributed by atoms with Gasteiger partial charge in [0.25, 0.3) is 11.4 Å². The lowest BCUT2D eigenvalue weighted by Gasteiger charge is -2.33. The van der Waals surface area contributed by atoms with Gasteiger partial charge in [-0.3, -0.25) is 35.2 Å². The summed E-state index contributed by atoms with van der Waals surface area (Å²) in [6.45, 7) is 17.8. The highest BCUT2D eigenvalue weighted by molar-refractivity contribution is 9.10. The van der Waals surface area contributed by atoms with Gasteiger partial charge in [0, 0.05) is 75.2 Å². The molecule has 0 amide bonds. The first-order valence-electron chi connectivity index (χ1n) is 17.7. The fourth-order valence-corrected chi connectivity index (χ4v) is 5.90. The van der Waals surface area contributed by atoms with Crippen molar-refractivity contribution in [2.24, 2.45) is 22.4 Å². The second-order valence-electron chi connectivity index (χ2n) is 13.4. The minimum absolute atomic E-state index is 0.0411. The molecule has 0 aromatic carbocycles. The summed E-state index contributed by atoms with van der Waals surface area (Å²) in [5, 5.41) is 24.5. The number of pyridine rings is 3. The van der Waals surface area contributed by atoms with Crippen molar-refractivity contribution in [3.8, 4) is 0 Å². The SMILES string of the molecule is CC1CCNCC1.Cc1ncc(Br)cc1[N+](=O)[O-].Cc1ncc(N2CCN(C)CC2)cc1N=C(N)N.Cc1ncc(N2CCN(C)CC2)cc1[N+](=O)[O-]. The first-order chi connectivity index (χ1) is 25.1. The van der Waals surface area contributed by atoms with Crippen LogP contribution >= 0.6 is 15.9 Å². The quantitative estimate of drug-likeness (QED) is 0.143. The lowest BCUT2D eigenvalue weighted by Crippen LogP contribution is -2.44. The molecule has 3 saturated heterocycles. The number of aliphatic imine (C=N–C) groups is 1. The number of nitrogens with two attached hydrogens (primary N) is 2.